The number of azo groups is 1. The number of aromatic amines is 1. The zero-order valence-electron chi connectivity index (χ0n) is 18.7. The molecule has 0 aliphatic rings. The second kappa shape index (κ2) is 11.8. The van der Waals surface area contributed by atoms with Crippen LogP contribution in [-0.2, 0) is 4.74 Å². The summed E-state index contributed by atoms with van der Waals surface area (Å²) in [5.74, 6) is -0.339. The maximum absolute atomic E-state index is 12.7. The van der Waals surface area contributed by atoms with Crippen LogP contribution in [0.5, 0.6) is 0 Å². The van der Waals surface area contributed by atoms with Crippen molar-refractivity contribution in [2.24, 2.45) is 10.2 Å². The third kappa shape index (κ3) is 6.26. The van der Waals surface area contributed by atoms with E-state index in [1.807, 2.05) is 30.3 Å². The molecular weight excluding hydrogens is 404 g/mol. The molecule has 0 spiro atoms. The highest BCUT2D eigenvalue weighted by Crippen LogP contribution is 2.20. The van der Waals surface area contributed by atoms with Crippen LogP contribution in [0.25, 0.3) is 5.69 Å². The molecule has 7 heteroatoms. The summed E-state index contributed by atoms with van der Waals surface area (Å²) in [6.07, 6.45) is 6.87. The second-order valence-corrected chi connectivity index (χ2v) is 7.71. The van der Waals surface area contributed by atoms with E-state index in [4.69, 9.17) is 4.74 Å². The number of para-hydroxylation sites is 1. The van der Waals surface area contributed by atoms with Gasteiger partial charge < -0.3 is 4.74 Å². The lowest BCUT2D eigenvalue weighted by atomic mass is 10.1. The Morgan fingerprint density at radius 2 is 1.62 bits per heavy atom. The van der Waals surface area contributed by atoms with Gasteiger partial charge in [-0.3, -0.25) is 9.89 Å². The minimum Gasteiger partial charge on any atom is -0.462 e. The van der Waals surface area contributed by atoms with Gasteiger partial charge in [0.25, 0.3) is 5.56 Å². The fourth-order valence-electron chi connectivity index (χ4n) is 3.32. The van der Waals surface area contributed by atoms with Gasteiger partial charge in [-0.05, 0) is 49.7 Å². The molecule has 3 aromatic rings. The fourth-order valence-corrected chi connectivity index (χ4v) is 3.32. The lowest BCUT2D eigenvalue weighted by Crippen LogP contribution is -2.13. The number of ether oxygens (including phenoxy) is 1. The number of carbonyl (C=O) groups is 1. The van der Waals surface area contributed by atoms with Crippen LogP contribution in [0.3, 0.4) is 0 Å². The van der Waals surface area contributed by atoms with Crippen molar-refractivity contribution in [2.45, 2.75) is 52.4 Å². The van der Waals surface area contributed by atoms with Crippen LogP contribution >= 0.6 is 0 Å². The lowest BCUT2D eigenvalue weighted by molar-refractivity contribution is 0.0497. The zero-order chi connectivity index (χ0) is 22.8. The SMILES string of the molecule is CCCCCCCCOC(=O)c1ccc(N=Nc2c(C)[nH]n(-c3ccccc3)c2=O)cc1. The molecule has 1 aromatic heterocycles. The van der Waals surface area contributed by atoms with Crippen LogP contribution < -0.4 is 5.56 Å². The van der Waals surface area contributed by atoms with Crippen molar-refractivity contribution in [1.82, 2.24) is 9.78 Å². The molecule has 0 amide bonds. The molecule has 0 aliphatic carbocycles. The summed E-state index contributed by atoms with van der Waals surface area (Å²) in [4.78, 5) is 24.8. The summed E-state index contributed by atoms with van der Waals surface area (Å²) in [6.45, 7) is 4.41. The quantitative estimate of drug-likeness (QED) is 0.215. The smallest absolute Gasteiger partial charge is 0.338 e. The third-order valence-corrected chi connectivity index (χ3v) is 5.15. The number of hydrogen-bond acceptors (Lipinski definition) is 5. The molecule has 3 rings (SSSR count). The number of rotatable bonds is 11. The van der Waals surface area contributed by atoms with Gasteiger partial charge >= 0.3 is 5.97 Å². The molecule has 2 aromatic carbocycles. The van der Waals surface area contributed by atoms with Crippen LogP contribution in [-0.4, -0.2) is 22.4 Å². The summed E-state index contributed by atoms with van der Waals surface area (Å²) in [7, 11) is 0. The van der Waals surface area contributed by atoms with Gasteiger partial charge in [-0.2, -0.15) is 5.11 Å². The number of esters is 1. The topological polar surface area (TPSA) is 88.8 Å². The average molecular weight is 435 g/mol. The molecule has 0 bridgehead atoms. The van der Waals surface area contributed by atoms with E-state index < -0.39 is 0 Å². The molecule has 0 fully saturated rings. The normalized spacial score (nSPS) is 11.2. The van der Waals surface area contributed by atoms with Crippen molar-refractivity contribution in [1.29, 1.82) is 0 Å². The van der Waals surface area contributed by atoms with Gasteiger partial charge in [0.15, 0.2) is 5.69 Å². The van der Waals surface area contributed by atoms with E-state index >= 15 is 0 Å². The molecule has 32 heavy (non-hydrogen) atoms. The summed E-state index contributed by atoms with van der Waals surface area (Å²) >= 11 is 0. The van der Waals surface area contributed by atoms with Crippen molar-refractivity contribution < 1.29 is 9.53 Å². The number of nitrogens with one attached hydrogen (secondary N) is 1. The Kier molecular flexibility index (Phi) is 8.54. The van der Waals surface area contributed by atoms with Gasteiger partial charge in [-0.15, -0.1) is 5.11 Å². The number of benzene rings is 2. The molecule has 7 nitrogen and oxygen atoms in total. The summed E-state index contributed by atoms with van der Waals surface area (Å²) in [6, 6.07) is 16.0. The van der Waals surface area contributed by atoms with Gasteiger partial charge in [0.2, 0.25) is 0 Å². The van der Waals surface area contributed by atoms with Crippen molar-refractivity contribution in [3.05, 3.63) is 76.2 Å². The van der Waals surface area contributed by atoms with Gasteiger partial charge in [-0.1, -0.05) is 57.2 Å². The van der Waals surface area contributed by atoms with Crippen LogP contribution in [0.2, 0.25) is 0 Å². The lowest BCUT2D eigenvalue weighted by Gasteiger charge is -2.05. The predicted molar refractivity (Wildman–Crippen MR) is 125 cm³/mol. The number of aryl methyl sites for hydroxylation is 1. The molecular formula is C25H30N4O3. The first-order chi connectivity index (χ1) is 15.6. The maximum Gasteiger partial charge on any atom is 0.338 e. The highest BCUT2D eigenvalue weighted by molar-refractivity contribution is 5.89. The first kappa shape index (κ1) is 23.2. The number of carbonyl (C=O) groups excluding carboxylic acids is 1. The molecule has 0 radical (unpaired) electrons. The van der Waals surface area contributed by atoms with E-state index in [0.717, 1.165) is 18.5 Å². The standard InChI is InChI=1S/C25H30N4O3/c1-3-4-5-6-7-11-18-32-25(31)20-14-16-21(17-15-20)26-27-23-19(2)28-29(24(23)30)22-12-9-8-10-13-22/h8-10,12-17,28H,3-7,11,18H2,1-2H3. The number of hydrogen-bond donors (Lipinski definition) is 1. The fraction of sp³-hybridized carbons (Fsp3) is 0.360. The Morgan fingerprint density at radius 3 is 2.34 bits per heavy atom. The summed E-state index contributed by atoms with van der Waals surface area (Å²) < 4.78 is 6.78. The van der Waals surface area contributed by atoms with Gasteiger partial charge in [0.05, 0.1) is 29.2 Å². The highest BCUT2D eigenvalue weighted by atomic mass is 16.5. The van der Waals surface area contributed by atoms with E-state index in [9.17, 15) is 9.59 Å². The van der Waals surface area contributed by atoms with E-state index in [1.165, 1.54) is 30.4 Å². The minimum atomic E-state index is -0.339. The van der Waals surface area contributed by atoms with Crippen LogP contribution in [0.4, 0.5) is 11.4 Å². The minimum absolute atomic E-state index is 0.247. The van der Waals surface area contributed by atoms with Crippen LogP contribution in [0, 0.1) is 6.92 Å². The van der Waals surface area contributed by atoms with Crippen molar-refractivity contribution >= 4 is 17.3 Å². The first-order valence-corrected chi connectivity index (χ1v) is 11.2. The second-order valence-electron chi connectivity index (χ2n) is 7.71. The zero-order valence-corrected chi connectivity index (χ0v) is 18.7. The van der Waals surface area contributed by atoms with Crippen molar-refractivity contribution in [2.75, 3.05) is 6.61 Å². The molecule has 1 heterocycles. The molecule has 168 valence electrons. The largest absolute Gasteiger partial charge is 0.462 e. The predicted octanol–water partition coefficient (Wildman–Crippen LogP) is 6.41. The van der Waals surface area contributed by atoms with E-state index in [2.05, 4.69) is 22.3 Å². The van der Waals surface area contributed by atoms with Gasteiger partial charge in [-0.25, -0.2) is 9.48 Å². The third-order valence-electron chi connectivity index (χ3n) is 5.15. The molecule has 0 unspecified atom stereocenters. The maximum atomic E-state index is 12.7. The Hall–Kier alpha value is -3.48. The monoisotopic (exact) mass is 434 g/mol. The van der Waals surface area contributed by atoms with Crippen LogP contribution in [0.1, 0.15) is 61.5 Å². The molecule has 0 saturated heterocycles. The van der Waals surface area contributed by atoms with Crippen molar-refractivity contribution in [3.63, 3.8) is 0 Å². The Morgan fingerprint density at radius 1 is 0.938 bits per heavy atom. The summed E-state index contributed by atoms with van der Waals surface area (Å²) in [5, 5.41) is 11.3. The van der Waals surface area contributed by atoms with Gasteiger partial charge in [0.1, 0.15) is 0 Å². The Bertz CT molecular complexity index is 1080. The summed E-state index contributed by atoms with van der Waals surface area (Å²) in [5.41, 5.74) is 2.34. The molecule has 0 aliphatic heterocycles. The number of H-pyrrole nitrogens is 1. The highest BCUT2D eigenvalue weighted by Gasteiger charge is 2.12. The first-order valence-electron chi connectivity index (χ1n) is 11.2. The van der Waals surface area contributed by atoms with E-state index in [-0.39, 0.29) is 17.2 Å². The molecule has 1 N–H and O–H groups in total. The average Bonchev–Trinajstić information content (AvgIpc) is 3.11. The Balaban J connectivity index is 1.56. The number of nitrogens with zero attached hydrogens (tertiary/aromatic N) is 3. The van der Waals surface area contributed by atoms with Gasteiger partial charge in [0, 0.05) is 0 Å². The van der Waals surface area contributed by atoms with E-state index in [0.29, 0.717) is 23.6 Å². The van der Waals surface area contributed by atoms with Crippen molar-refractivity contribution in [3.8, 4) is 5.69 Å². The molecule has 0 atom stereocenters. The Labute approximate surface area is 188 Å². The van der Waals surface area contributed by atoms with Crippen LogP contribution in [0.15, 0.2) is 69.6 Å². The van der Waals surface area contributed by atoms with E-state index in [1.54, 1.807) is 31.2 Å². The molecule has 0 saturated carbocycles. The number of unbranched alkanes of at least 4 members (excludes halogenated alkanes) is 5. The number of aromatic nitrogens is 2.